The van der Waals surface area contributed by atoms with Gasteiger partial charge in [0.1, 0.15) is 0 Å². The quantitative estimate of drug-likeness (QED) is 0.420. The van der Waals surface area contributed by atoms with E-state index in [1.165, 1.54) is 5.56 Å². The fourth-order valence-corrected chi connectivity index (χ4v) is 1.88. The van der Waals surface area contributed by atoms with Gasteiger partial charge in [-0.3, -0.25) is 0 Å². The van der Waals surface area contributed by atoms with Crippen molar-refractivity contribution in [1.29, 1.82) is 0 Å². The van der Waals surface area contributed by atoms with Gasteiger partial charge in [0.15, 0.2) is 11.9 Å². The van der Waals surface area contributed by atoms with Gasteiger partial charge in [-0.05, 0) is 24.8 Å². The van der Waals surface area contributed by atoms with Gasteiger partial charge in [0, 0.05) is 18.1 Å². The topological polar surface area (TPSA) is 26.9 Å². The predicted molar refractivity (Wildman–Crippen MR) is 46.6 cm³/mol. The molecule has 12 heavy (non-hydrogen) atoms. The van der Waals surface area contributed by atoms with Gasteiger partial charge in [0.2, 0.25) is 0 Å². The third-order valence-corrected chi connectivity index (χ3v) is 2.60. The fourth-order valence-electron chi connectivity index (χ4n) is 1.88. The van der Waals surface area contributed by atoms with Crippen molar-refractivity contribution in [3.05, 3.63) is 34.8 Å². The Kier molecular flexibility index (Phi) is 1.75. The Balaban J connectivity index is 2.42. The summed E-state index contributed by atoms with van der Waals surface area (Å²) in [6.45, 7) is 2.24. The summed E-state index contributed by atoms with van der Waals surface area (Å²) in [5.74, 6) is 0.736. The number of fused-ring (bicyclic) bond motifs is 1. The standard InChI is InChI=1S/C10H13NO/c1-8-4-5-10-9(7-8)3-2-6-11(10)12/h2-3,6,8H,4-5,7H2,1H3. The molecule has 2 nitrogen and oxygen atoms in total. The van der Waals surface area contributed by atoms with E-state index in [-0.39, 0.29) is 0 Å². The Morgan fingerprint density at radius 2 is 2.42 bits per heavy atom. The number of nitrogens with zero attached hydrogens (tertiary/aromatic N) is 1. The van der Waals surface area contributed by atoms with Crippen molar-refractivity contribution in [1.82, 2.24) is 0 Å². The summed E-state index contributed by atoms with van der Waals surface area (Å²) in [4.78, 5) is 0. The van der Waals surface area contributed by atoms with Gasteiger partial charge in [0.05, 0.1) is 0 Å². The van der Waals surface area contributed by atoms with Gasteiger partial charge in [0.25, 0.3) is 0 Å². The van der Waals surface area contributed by atoms with E-state index in [0.29, 0.717) is 0 Å². The molecule has 2 heteroatoms. The molecule has 1 aromatic heterocycles. The van der Waals surface area contributed by atoms with E-state index >= 15 is 0 Å². The molecule has 1 atom stereocenters. The molecular formula is C10H13NO. The molecule has 0 aromatic carbocycles. The second kappa shape index (κ2) is 2.77. The maximum absolute atomic E-state index is 11.3. The molecule has 0 radical (unpaired) electrons. The van der Waals surface area contributed by atoms with Crippen molar-refractivity contribution >= 4 is 0 Å². The van der Waals surface area contributed by atoms with Crippen molar-refractivity contribution in [3.63, 3.8) is 0 Å². The van der Waals surface area contributed by atoms with E-state index in [2.05, 4.69) is 13.0 Å². The molecule has 1 heterocycles. The minimum Gasteiger partial charge on any atom is -0.618 e. The minimum atomic E-state index is 0.736. The molecule has 1 aliphatic rings. The van der Waals surface area contributed by atoms with E-state index in [4.69, 9.17) is 0 Å². The van der Waals surface area contributed by atoms with Crippen LogP contribution < -0.4 is 4.73 Å². The van der Waals surface area contributed by atoms with Gasteiger partial charge in [-0.2, -0.15) is 4.73 Å². The molecular weight excluding hydrogens is 150 g/mol. The highest BCUT2D eigenvalue weighted by atomic mass is 16.5. The molecule has 0 saturated carbocycles. The first-order chi connectivity index (χ1) is 5.77. The summed E-state index contributed by atoms with van der Waals surface area (Å²) in [5, 5.41) is 11.3. The number of aromatic nitrogens is 1. The maximum atomic E-state index is 11.3. The molecule has 0 fully saturated rings. The average Bonchev–Trinajstić information content (AvgIpc) is 2.04. The van der Waals surface area contributed by atoms with Crippen LogP contribution in [0.25, 0.3) is 0 Å². The van der Waals surface area contributed by atoms with E-state index in [9.17, 15) is 5.21 Å². The lowest BCUT2D eigenvalue weighted by Gasteiger charge is -2.19. The monoisotopic (exact) mass is 163 g/mol. The zero-order valence-electron chi connectivity index (χ0n) is 7.29. The highest BCUT2D eigenvalue weighted by Gasteiger charge is 2.20. The third-order valence-electron chi connectivity index (χ3n) is 2.60. The minimum absolute atomic E-state index is 0.736. The second-order valence-corrected chi connectivity index (χ2v) is 3.65. The first kappa shape index (κ1) is 7.59. The predicted octanol–water partition coefficient (Wildman–Crippen LogP) is 1.44. The van der Waals surface area contributed by atoms with Gasteiger partial charge in [-0.15, -0.1) is 0 Å². The van der Waals surface area contributed by atoms with Crippen LogP contribution in [-0.2, 0) is 12.8 Å². The maximum Gasteiger partial charge on any atom is 0.195 e. The Morgan fingerprint density at radius 3 is 3.25 bits per heavy atom. The highest BCUT2D eigenvalue weighted by Crippen LogP contribution is 2.21. The molecule has 1 aromatic rings. The normalized spacial score (nSPS) is 21.9. The van der Waals surface area contributed by atoms with Crippen molar-refractivity contribution in [2.45, 2.75) is 26.2 Å². The van der Waals surface area contributed by atoms with Crippen LogP contribution >= 0.6 is 0 Å². The lowest BCUT2D eigenvalue weighted by atomic mass is 9.88. The van der Waals surface area contributed by atoms with Gasteiger partial charge in [-0.25, -0.2) is 0 Å². The second-order valence-electron chi connectivity index (χ2n) is 3.65. The zero-order valence-corrected chi connectivity index (χ0v) is 7.29. The number of hydrogen-bond acceptors (Lipinski definition) is 1. The van der Waals surface area contributed by atoms with E-state index in [0.717, 1.165) is 35.6 Å². The van der Waals surface area contributed by atoms with E-state index < -0.39 is 0 Å². The van der Waals surface area contributed by atoms with Crippen LogP contribution in [0.3, 0.4) is 0 Å². The van der Waals surface area contributed by atoms with Crippen LogP contribution in [0.4, 0.5) is 0 Å². The lowest BCUT2D eigenvalue weighted by molar-refractivity contribution is -0.615. The first-order valence-corrected chi connectivity index (χ1v) is 4.47. The Bertz CT molecular complexity index is 296. The molecule has 0 aliphatic heterocycles. The molecule has 2 rings (SSSR count). The summed E-state index contributed by atoms with van der Waals surface area (Å²) in [5.41, 5.74) is 2.22. The van der Waals surface area contributed by atoms with Gasteiger partial charge in [-0.1, -0.05) is 6.92 Å². The summed E-state index contributed by atoms with van der Waals surface area (Å²) in [7, 11) is 0. The van der Waals surface area contributed by atoms with Crippen LogP contribution in [0.1, 0.15) is 24.6 Å². The number of pyridine rings is 1. The van der Waals surface area contributed by atoms with Crippen molar-refractivity contribution in [2.75, 3.05) is 0 Å². The molecule has 0 N–H and O–H groups in total. The molecule has 64 valence electrons. The van der Waals surface area contributed by atoms with E-state index in [1.54, 1.807) is 6.20 Å². The fraction of sp³-hybridized carbons (Fsp3) is 0.500. The average molecular weight is 163 g/mol. The van der Waals surface area contributed by atoms with Crippen molar-refractivity contribution in [2.24, 2.45) is 5.92 Å². The summed E-state index contributed by atoms with van der Waals surface area (Å²) in [6, 6.07) is 3.91. The van der Waals surface area contributed by atoms with Crippen LogP contribution in [-0.4, -0.2) is 0 Å². The first-order valence-electron chi connectivity index (χ1n) is 4.47. The molecule has 0 bridgehead atoms. The molecule has 0 spiro atoms. The molecule has 1 aliphatic carbocycles. The van der Waals surface area contributed by atoms with Gasteiger partial charge >= 0.3 is 0 Å². The lowest BCUT2D eigenvalue weighted by Crippen LogP contribution is -2.35. The summed E-state index contributed by atoms with van der Waals surface area (Å²) >= 11 is 0. The van der Waals surface area contributed by atoms with Crippen molar-refractivity contribution < 1.29 is 4.73 Å². The Morgan fingerprint density at radius 1 is 1.58 bits per heavy atom. The van der Waals surface area contributed by atoms with Crippen LogP contribution in [0.5, 0.6) is 0 Å². The molecule has 0 amide bonds. The highest BCUT2D eigenvalue weighted by molar-refractivity contribution is 5.19. The Labute approximate surface area is 72.4 Å². The van der Waals surface area contributed by atoms with Crippen LogP contribution in [0.2, 0.25) is 0 Å². The third kappa shape index (κ3) is 1.17. The smallest absolute Gasteiger partial charge is 0.195 e. The summed E-state index contributed by atoms with van der Waals surface area (Å²) in [6.07, 6.45) is 4.76. The number of rotatable bonds is 0. The number of hydrogen-bond donors (Lipinski definition) is 0. The summed E-state index contributed by atoms with van der Waals surface area (Å²) < 4.78 is 1.02. The van der Waals surface area contributed by atoms with Gasteiger partial charge < -0.3 is 5.21 Å². The van der Waals surface area contributed by atoms with Crippen LogP contribution in [0, 0.1) is 11.1 Å². The van der Waals surface area contributed by atoms with Crippen molar-refractivity contribution in [3.8, 4) is 0 Å². The van der Waals surface area contributed by atoms with E-state index in [1.807, 2.05) is 6.07 Å². The molecule has 0 saturated heterocycles. The zero-order chi connectivity index (χ0) is 8.55. The van der Waals surface area contributed by atoms with Crippen LogP contribution in [0.15, 0.2) is 18.3 Å². The molecule has 1 unspecified atom stereocenters. The SMILES string of the molecule is CC1CCc2c(ccc[n+]2[O-])C1. The Hall–Kier alpha value is -1.05. The largest absolute Gasteiger partial charge is 0.618 e.